The van der Waals surface area contributed by atoms with Crippen molar-refractivity contribution in [3.63, 3.8) is 0 Å². The van der Waals surface area contributed by atoms with Gasteiger partial charge in [0.2, 0.25) is 0 Å². The van der Waals surface area contributed by atoms with Gasteiger partial charge in [-0.05, 0) is 35.2 Å². The lowest BCUT2D eigenvalue weighted by molar-refractivity contribution is 0.800. The fraction of sp³-hybridized carbons (Fsp3) is 0. The molecule has 6 nitrogen and oxygen atoms in total. The quantitative estimate of drug-likeness (QED) is 0.213. The second-order valence-electron chi connectivity index (χ2n) is 11.1. The number of pyridine rings is 1. The average Bonchev–Trinajstić information content (AvgIpc) is 3.52. The summed E-state index contributed by atoms with van der Waals surface area (Å²) in [5, 5.41) is 10.4. The first-order valence-electron chi connectivity index (χ1n) is 15.0. The van der Waals surface area contributed by atoms with Gasteiger partial charge in [-0.3, -0.25) is 9.83 Å². The summed E-state index contributed by atoms with van der Waals surface area (Å²) in [6.07, 6.45) is 0. The number of rotatable bonds is 4. The molecule has 9 rings (SSSR count). The van der Waals surface area contributed by atoms with Crippen LogP contribution in [-0.4, -0.2) is 21.1 Å². The van der Waals surface area contributed by atoms with E-state index in [9.17, 15) is 0 Å². The Morgan fingerprint density at radius 1 is 0.511 bits per heavy atom. The summed E-state index contributed by atoms with van der Waals surface area (Å²) >= 11 is 0. The Morgan fingerprint density at radius 3 is 1.89 bits per heavy atom. The van der Waals surface area contributed by atoms with Crippen molar-refractivity contribution in [3.05, 3.63) is 163 Å². The van der Waals surface area contributed by atoms with Gasteiger partial charge >= 0.3 is 0 Å². The minimum atomic E-state index is 0.629. The highest BCUT2D eigenvalue weighted by Gasteiger charge is 2.24. The van der Waals surface area contributed by atoms with Crippen molar-refractivity contribution in [1.82, 2.24) is 14.8 Å². The summed E-state index contributed by atoms with van der Waals surface area (Å²) in [5.74, 6) is 1.35. The molecule has 45 heavy (non-hydrogen) atoms. The molecule has 0 bridgehead atoms. The molecule has 6 heteroatoms. The van der Waals surface area contributed by atoms with E-state index < -0.39 is 0 Å². The van der Waals surface area contributed by atoms with Crippen LogP contribution < -0.4 is 10.5 Å². The van der Waals surface area contributed by atoms with Crippen molar-refractivity contribution < 1.29 is 0 Å². The van der Waals surface area contributed by atoms with Crippen LogP contribution in [0.4, 0.5) is 5.69 Å². The Balaban J connectivity index is 1.38. The fourth-order valence-corrected chi connectivity index (χ4v) is 6.29. The first-order chi connectivity index (χ1) is 22.3. The number of anilines is 1. The molecule has 212 valence electrons. The van der Waals surface area contributed by atoms with E-state index in [-0.39, 0.29) is 0 Å². The zero-order valence-corrected chi connectivity index (χ0v) is 24.2. The van der Waals surface area contributed by atoms with E-state index in [0.29, 0.717) is 5.84 Å². The summed E-state index contributed by atoms with van der Waals surface area (Å²) in [5.41, 5.74) is 12.5. The van der Waals surface area contributed by atoms with Crippen LogP contribution in [0.5, 0.6) is 0 Å². The molecule has 0 saturated heterocycles. The number of amidine groups is 2. The highest BCUT2D eigenvalue weighted by Crippen LogP contribution is 2.40. The largest absolute Gasteiger partial charge is 0.292 e. The number of imidazole rings is 1. The topological polar surface area (TPSA) is 57.3 Å². The van der Waals surface area contributed by atoms with Gasteiger partial charge in [-0.15, -0.1) is 5.10 Å². The molecule has 0 atom stereocenters. The summed E-state index contributed by atoms with van der Waals surface area (Å²) < 4.78 is 2.28. The highest BCUT2D eigenvalue weighted by molar-refractivity contribution is 6.17. The van der Waals surface area contributed by atoms with Crippen molar-refractivity contribution in [2.75, 3.05) is 5.12 Å². The lowest BCUT2D eigenvalue weighted by Gasteiger charge is -2.29. The van der Waals surface area contributed by atoms with E-state index in [1.54, 1.807) is 0 Å². The number of nitrogens with zero attached hydrogens (tertiary/aromatic N) is 5. The van der Waals surface area contributed by atoms with E-state index in [0.717, 1.165) is 72.1 Å². The molecule has 0 spiro atoms. The Bertz CT molecular complexity index is 2450. The molecule has 0 amide bonds. The maximum atomic E-state index is 5.11. The van der Waals surface area contributed by atoms with E-state index >= 15 is 0 Å². The lowest BCUT2D eigenvalue weighted by Crippen LogP contribution is -2.43. The Labute approximate surface area is 259 Å². The van der Waals surface area contributed by atoms with Gasteiger partial charge in [-0.2, -0.15) is 5.12 Å². The molecule has 1 N–H and O–H groups in total. The molecule has 0 aliphatic carbocycles. The number of hydrazone groups is 1. The predicted octanol–water partition coefficient (Wildman–Crippen LogP) is 8.59. The van der Waals surface area contributed by atoms with Crippen molar-refractivity contribution in [2.24, 2.45) is 10.1 Å². The predicted molar refractivity (Wildman–Crippen MR) is 185 cm³/mol. The fourth-order valence-electron chi connectivity index (χ4n) is 6.29. The third-order valence-corrected chi connectivity index (χ3v) is 8.39. The molecule has 6 aromatic carbocycles. The number of hydrazine groups is 1. The van der Waals surface area contributed by atoms with E-state index in [1.807, 2.05) is 65.8 Å². The first-order valence-corrected chi connectivity index (χ1v) is 15.0. The minimum Gasteiger partial charge on any atom is -0.292 e. The molecule has 1 aliphatic rings. The second-order valence-corrected chi connectivity index (χ2v) is 11.1. The standard InChI is InChI=1S/C39H26N6/c1-4-14-26(15-5-1)31-24-32-29-20-10-11-21-30(29)39-40-33-22-12-13-23-34(33)44(39)35(32)25-36(31)45-42-37(27-16-6-2-7-17-27)41-38(43-45)28-18-8-3-9-19-28/h1-25H,(H,41,42,43). The molecule has 3 heterocycles. The van der Waals surface area contributed by atoms with Crippen LogP contribution in [0, 0.1) is 0 Å². The number of para-hydroxylation sites is 2. The monoisotopic (exact) mass is 578 g/mol. The average molecular weight is 579 g/mol. The van der Waals surface area contributed by atoms with Crippen LogP contribution in [0.1, 0.15) is 11.1 Å². The molecule has 2 aromatic heterocycles. The maximum Gasteiger partial charge on any atom is 0.183 e. The number of hydrogen-bond acceptors (Lipinski definition) is 5. The van der Waals surface area contributed by atoms with Gasteiger partial charge in [0, 0.05) is 27.5 Å². The van der Waals surface area contributed by atoms with Gasteiger partial charge in [-0.25, -0.2) is 9.98 Å². The van der Waals surface area contributed by atoms with Gasteiger partial charge in [0.25, 0.3) is 0 Å². The maximum absolute atomic E-state index is 5.11. The van der Waals surface area contributed by atoms with Crippen molar-refractivity contribution in [3.8, 4) is 11.1 Å². The molecule has 0 saturated carbocycles. The van der Waals surface area contributed by atoms with E-state index in [2.05, 4.69) is 101 Å². The molecule has 8 aromatic rings. The Kier molecular flexibility index (Phi) is 5.71. The summed E-state index contributed by atoms with van der Waals surface area (Å²) in [6, 6.07) is 52.2. The number of hydrogen-bond donors (Lipinski definition) is 1. The van der Waals surface area contributed by atoms with Gasteiger partial charge in [0.05, 0.1) is 22.2 Å². The van der Waals surface area contributed by atoms with Gasteiger partial charge in [0.15, 0.2) is 11.7 Å². The van der Waals surface area contributed by atoms with E-state index in [4.69, 9.17) is 15.1 Å². The Hall–Kier alpha value is -6.27. The molecule has 1 aliphatic heterocycles. The van der Waals surface area contributed by atoms with Crippen molar-refractivity contribution >= 4 is 55.7 Å². The number of fused-ring (bicyclic) bond motifs is 8. The third-order valence-electron chi connectivity index (χ3n) is 8.39. The molecular weight excluding hydrogens is 552 g/mol. The SMILES string of the molecule is c1ccc(C2=NN(c3cc4c(cc3-c3ccccc3)c3ccccc3c3nc5ccccc5n43)NC(c3ccccc3)=N2)cc1. The first kappa shape index (κ1) is 25.2. The summed E-state index contributed by atoms with van der Waals surface area (Å²) in [4.78, 5) is 10.1. The van der Waals surface area contributed by atoms with Crippen LogP contribution >= 0.6 is 0 Å². The lowest BCUT2D eigenvalue weighted by atomic mass is 9.98. The zero-order chi connectivity index (χ0) is 29.7. The zero-order valence-electron chi connectivity index (χ0n) is 24.2. The number of nitrogens with one attached hydrogen (secondary N) is 1. The Morgan fingerprint density at radius 2 is 1.13 bits per heavy atom. The third kappa shape index (κ3) is 4.15. The van der Waals surface area contributed by atoms with E-state index in [1.165, 1.54) is 0 Å². The van der Waals surface area contributed by atoms with Crippen LogP contribution in [0.15, 0.2) is 162 Å². The van der Waals surface area contributed by atoms with Crippen molar-refractivity contribution in [2.45, 2.75) is 0 Å². The van der Waals surface area contributed by atoms with Crippen LogP contribution in [0.25, 0.3) is 49.5 Å². The van der Waals surface area contributed by atoms with Crippen LogP contribution in [-0.2, 0) is 0 Å². The van der Waals surface area contributed by atoms with Gasteiger partial charge in [-0.1, -0.05) is 127 Å². The molecule has 0 unspecified atom stereocenters. The summed E-state index contributed by atoms with van der Waals surface area (Å²) in [6.45, 7) is 0. The van der Waals surface area contributed by atoms with Gasteiger partial charge in [0.1, 0.15) is 5.65 Å². The number of aromatic nitrogens is 2. The number of benzene rings is 6. The number of aliphatic imine (C=N–C) groups is 1. The summed E-state index contributed by atoms with van der Waals surface area (Å²) in [7, 11) is 0. The van der Waals surface area contributed by atoms with Gasteiger partial charge < -0.3 is 0 Å². The minimum absolute atomic E-state index is 0.629. The molecule has 0 fully saturated rings. The normalized spacial score (nSPS) is 13.3. The van der Waals surface area contributed by atoms with Crippen LogP contribution in [0.3, 0.4) is 0 Å². The van der Waals surface area contributed by atoms with Crippen molar-refractivity contribution in [1.29, 1.82) is 0 Å². The molecule has 0 radical (unpaired) electrons. The van der Waals surface area contributed by atoms with Crippen LogP contribution in [0.2, 0.25) is 0 Å². The highest BCUT2D eigenvalue weighted by atomic mass is 15.7. The second kappa shape index (κ2) is 10.2. The molecular formula is C39H26N6. The smallest absolute Gasteiger partial charge is 0.183 e.